The predicted octanol–water partition coefficient (Wildman–Crippen LogP) is 0.810. The van der Waals surface area contributed by atoms with Crippen LogP contribution in [-0.2, 0) is 11.4 Å². The second kappa shape index (κ2) is 6.75. The third-order valence-corrected chi connectivity index (χ3v) is 2.62. The van der Waals surface area contributed by atoms with Crippen LogP contribution in [0.4, 0.5) is 10.5 Å². The highest BCUT2D eigenvalue weighted by molar-refractivity contribution is 5.97. The van der Waals surface area contributed by atoms with E-state index in [-0.39, 0.29) is 18.4 Å². The van der Waals surface area contributed by atoms with Gasteiger partial charge < -0.3 is 21.5 Å². The number of carbonyl (C=O) groups is 2. The molecule has 1 unspecified atom stereocenters. The number of hydrogen-bond donors (Lipinski definition) is 4. The van der Waals surface area contributed by atoms with Crippen molar-refractivity contribution in [3.63, 3.8) is 0 Å². The van der Waals surface area contributed by atoms with Crippen molar-refractivity contribution in [1.29, 1.82) is 0 Å². The first kappa shape index (κ1) is 15.0. The highest BCUT2D eigenvalue weighted by Crippen LogP contribution is 2.12. The van der Waals surface area contributed by atoms with Gasteiger partial charge in [0.2, 0.25) is 5.91 Å². The first-order valence-corrected chi connectivity index (χ1v) is 6.00. The Hall–Kier alpha value is -2.08. The minimum absolute atomic E-state index is 0.0893. The maximum Gasteiger partial charge on any atom is 0.312 e. The van der Waals surface area contributed by atoms with Crippen LogP contribution in [0.15, 0.2) is 24.3 Å². The van der Waals surface area contributed by atoms with Crippen LogP contribution in [-0.4, -0.2) is 23.1 Å². The Kier molecular flexibility index (Phi) is 5.32. The summed E-state index contributed by atoms with van der Waals surface area (Å²) >= 11 is 0. The summed E-state index contributed by atoms with van der Waals surface area (Å²) in [6.45, 7) is 3.52. The number of primary amides is 1. The fourth-order valence-corrected chi connectivity index (χ4v) is 1.66. The van der Waals surface area contributed by atoms with Crippen LogP contribution in [0.2, 0.25) is 0 Å². The van der Waals surface area contributed by atoms with Gasteiger partial charge >= 0.3 is 6.03 Å². The highest BCUT2D eigenvalue weighted by atomic mass is 16.3. The molecule has 0 heterocycles. The van der Waals surface area contributed by atoms with Gasteiger partial charge in [-0.15, -0.1) is 0 Å². The molecule has 1 atom stereocenters. The van der Waals surface area contributed by atoms with Crippen molar-refractivity contribution < 1.29 is 14.7 Å². The average Bonchev–Trinajstić information content (AvgIpc) is 2.35. The van der Waals surface area contributed by atoms with Gasteiger partial charge in [-0.1, -0.05) is 26.0 Å². The number of nitrogens with one attached hydrogen (secondary N) is 2. The smallest absolute Gasteiger partial charge is 0.312 e. The zero-order valence-electron chi connectivity index (χ0n) is 11.0. The third kappa shape index (κ3) is 4.59. The number of benzene rings is 1. The first-order valence-electron chi connectivity index (χ1n) is 6.00. The highest BCUT2D eigenvalue weighted by Gasteiger charge is 2.23. The standard InChI is InChI=1S/C13H19N3O3/c1-8(2)11(16-13(14)19)12(18)15-10-5-3-4-9(6-10)7-17/h3-6,8,11,17H,7H2,1-2H3,(H,15,18)(H3,14,16,19). The van der Waals surface area contributed by atoms with Gasteiger partial charge in [0.25, 0.3) is 0 Å². The van der Waals surface area contributed by atoms with Gasteiger partial charge in [0.05, 0.1) is 6.61 Å². The fraction of sp³-hybridized carbons (Fsp3) is 0.385. The molecule has 0 bridgehead atoms. The van der Waals surface area contributed by atoms with Gasteiger partial charge in [-0.2, -0.15) is 0 Å². The number of nitrogens with two attached hydrogens (primary N) is 1. The Bertz CT molecular complexity index is 460. The molecule has 5 N–H and O–H groups in total. The van der Waals surface area contributed by atoms with E-state index in [4.69, 9.17) is 10.8 Å². The molecule has 0 aliphatic rings. The summed E-state index contributed by atoms with van der Waals surface area (Å²) in [6, 6.07) is 5.41. The predicted molar refractivity (Wildman–Crippen MR) is 72.3 cm³/mol. The summed E-state index contributed by atoms with van der Waals surface area (Å²) in [5, 5.41) is 14.1. The number of hydrogen-bond acceptors (Lipinski definition) is 3. The lowest BCUT2D eigenvalue weighted by Gasteiger charge is -2.20. The minimum Gasteiger partial charge on any atom is -0.392 e. The zero-order chi connectivity index (χ0) is 14.4. The molecule has 0 saturated carbocycles. The minimum atomic E-state index is -0.738. The van der Waals surface area contributed by atoms with E-state index < -0.39 is 12.1 Å². The summed E-state index contributed by atoms with van der Waals surface area (Å²) in [5.41, 5.74) is 6.30. The first-order chi connectivity index (χ1) is 8.93. The van der Waals surface area contributed by atoms with Crippen molar-refractivity contribution in [2.75, 3.05) is 5.32 Å². The van der Waals surface area contributed by atoms with Crippen molar-refractivity contribution in [1.82, 2.24) is 5.32 Å². The molecular weight excluding hydrogens is 246 g/mol. The molecule has 0 saturated heterocycles. The molecule has 1 aromatic carbocycles. The number of carbonyl (C=O) groups excluding carboxylic acids is 2. The van der Waals surface area contributed by atoms with E-state index in [1.54, 1.807) is 24.3 Å². The Morgan fingerprint density at radius 2 is 2.05 bits per heavy atom. The topological polar surface area (TPSA) is 104 Å². The lowest BCUT2D eigenvalue weighted by molar-refractivity contribution is -0.118. The maximum atomic E-state index is 12.0. The van der Waals surface area contributed by atoms with Crippen LogP contribution in [0.1, 0.15) is 19.4 Å². The number of aliphatic hydroxyl groups is 1. The average molecular weight is 265 g/mol. The molecular formula is C13H19N3O3. The van der Waals surface area contributed by atoms with E-state index in [0.717, 1.165) is 0 Å². The molecule has 104 valence electrons. The van der Waals surface area contributed by atoms with Crippen molar-refractivity contribution in [3.05, 3.63) is 29.8 Å². The van der Waals surface area contributed by atoms with Gasteiger partial charge in [-0.25, -0.2) is 4.79 Å². The SMILES string of the molecule is CC(C)C(NC(N)=O)C(=O)Nc1cccc(CO)c1. The molecule has 0 aliphatic heterocycles. The lowest BCUT2D eigenvalue weighted by atomic mass is 10.0. The number of amides is 3. The van der Waals surface area contributed by atoms with Gasteiger partial charge in [-0.3, -0.25) is 4.79 Å². The van der Waals surface area contributed by atoms with Crippen molar-refractivity contribution in [3.8, 4) is 0 Å². The van der Waals surface area contributed by atoms with Crippen molar-refractivity contribution >= 4 is 17.6 Å². The van der Waals surface area contributed by atoms with E-state index >= 15 is 0 Å². The Morgan fingerprint density at radius 3 is 2.58 bits per heavy atom. The summed E-state index contributed by atoms with van der Waals surface area (Å²) in [4.78, 5) is 22.9. The van der Waals surface area contributed by atoms with Crippen LogP contribution < -0.4 is 16.4 Å². The molecule has 0 fully saturated rings. The maximum absolute atomic E-state index is 12.0. The monoisotopic (exact) mass is 265 g/mol. The number of aliphatic hydroxyl groups excluding tert-OH is 1. The van der Waals surface area contributed by atoms with E-state index in [0.29, 0.717) is 11.3 Å². The second-order valence-corrected chi connectivity index (χ2v) is 4.58. The van der Waals surface area contributed by atoms with Crippen LogP contribution in [0, 0.1) is 5.92 Å². The molecule has 6 heteroatoms. The molecule has 1 aromatic rings. The van der Waals surface area contributed by atoms with E-state index in [1.165, 1.54) is 0 Å². The van der Waals surface area contributed by atoms with E-state index in [9.17, 15) is 9.59 Å². The van der Waals surface area contributed by atoms with Crippen LogP contribution in [0.5, 0.6) is 0 Å². The Morgan fingerprint density at radius 1 is 1.37 bits per heavy atom. The number of rotatable bonds is 5. The lowest BCUT2D eigenvalue weighted by Crippen LogP contribution is -2.49. The van der Waals surface area contributed by atoms with E-state index in [1.807, 2.05) is 13.8 Å². The normalized spacial score (nSPS) is 12.0. The van der Waals surface area contributed by atoms with Gasteiger partial charge in [0.1, 0.15) is 6.04 Å². The number of urea groups is 1. The van der Waals surface area contributed by atoms with Crippen LogP contribution in [0.25, 0.3) is 0 Å². The van der Waals surface area contributed by atoms with Gasteiger partial charge in [0, 0.05) is 5.69 Å². The van der Waals surface area contributed by atoms with Gasteiger partial charge in [0.15, 0.2) is 0 Å². The van der Waals surface area contributed by atoms with Crippen LogP contribution >= 0.6 is 0 Å². The molecule has 1 rings (SSSR count). The Balaban J connectivity index is 2.77. The summed E-state index contributed by atoms with van der Waals surface area (Å²) in [5.74, 6) is -0.433. The summed E-state index contributed by atoms with van der Waals surface area (Å²) < 4.78 is 0. The second-order valence-electron chi connectivity index (χ2n) is 4.58. The molecule has 19 heavy (non-hydrogen) atoms. The molecule has 0 radical (unpaired) electrons. The molecule has 0 aromatic heterocycles. The van der Waals surface area contributed by atoms with E-state index in [2.05, 4.69) is 10.6 Å². The largest absolute Gasteiger partial charge is 0.392 e. The third-order valence-electron chi connectivity index (χ3n) is 2.62. The zero-order valence-corrected chi connectivity index (χ0v) is 11.0. The molecule has 0 aliphatic carbocycles. The molecule has 3 amide bonds. The van der Waals surface area contributed by atoms with Gasteiger partial charge in [-0.05, 0) is 23.6 Å². The Labute approximate surface area is 112 Å². The van der Waals surface area contributed by atoms with Crippen LogP contribution in [0.3, 0.4) is 0 Å². The van der Waals surface area contributed by atoms with Crippen molar-refractivity contribution in [2.45, 2.75) is 26.5 Å². The molecule has 0 spiro atoms. The summed E-state index contributed by atoms with van der Waals surface area (Å²) in [7, 11) is 0. The quantitative estimate of drug-likeness (QED) is 0.633. The molecule has 6 nitrogen and oxygen atoms in total. The number of anilines is 1. The van der Waals surface area contributed by atoms with Crippen molar-refractivity contribution in [2.24, 2.45) is 11.7 Å². The fourth-order valence-electron chi connectivity index (χ4n) is 1.66. The summed E-state index contributed by atoms with van der Waals surface area (Å²) in [6.07, 6.45) is 0.